The fraction of sp³-hybridized carbons (Fsp3) is 0.421. The smallest absolute Gasteiger partial charge is 0.246 e. The number of carbonyl (C=O) groups is 1. The van der Waals surface area contributed by atoms with Crippen molar-refractivity contribution in [2.75, 3.05) is 24.5 Å². The maximum absolute atomic E-state index is 12.8. The van der Waals surface area contributed by atoms with Crippen molar-refractivity contribution in [3.8, 4) is 0 Å². The van der Waals surface area contributed by atoms with Crippen LogP contribution in [0.1, 0.15) is 16.5 Å². The van der Waals surface area contributed by atoms with E-state index in [2.05, 4.69) is 26.7 Å². The highest BCUT2D eigenvalue weighted by atomic mass is 32.1. The van der Waals surface area contributed by atoms with Crippen LogP contribution in [0.2, 0.25) is 0 Å². The minimum absolute atomic E-state index is 0.0226. The third kappa shape index (κ3) is 4.35. The van der Waals surface area contributed by atoms with Crippen LogP contribution in [0.3, 0.4) is 0 Å². The van der Waals surface area contributed by atoms with E-state index in [1.807, 2.05) is 48.1 Å². The molecule has 0 spiro atoms. The molecular weight excluding hydrogens is 402 g/mol. The zero-order valence-electron chi connectivity index (χ0n) is 17.3. The normalized spacial score (nSPS) is 15.2. The second-order valence-corrected chi connectivity index (χ2v) is 8.17. The van der Waals surface area contributed by atoms with Crippen LogP contribution in [-0.2, 0) is 32.0 Å². The summed E-state index contributed by atoms with van der Waals surface area (Å²) < 4.78 is 3.62. The molecule has 1 aliphatic heterocycles. The number of nitrogens with zero attached hydrogens (tertiary/aromatic N) is 8. The fourth-order valence-corrected chi connectivity index (χ4v) is 3.90. The van der Waals surface area contributed by atoms with Crippen molar-refractivity contribution < 1.29 is 4.79 Å². The van der Waals surface area contributed by atoms with Crippen LogP contribution in [-0.4, -0.2) is 60.9 Å². The predicted molar refractivity (Wildman–Crippen MR) is 115 cm³/mol. The topological polar surface area (TPSA) is 96.5 Å². The monoisotopic (exact) mass is 427 g/mol. The molecule has 0 bridgehead atoms. The number of guanidine groups is 1. The van der Waals surface area contributed by atoms with Crippen LogP contribution in [0.15, 0.2) is 34.9 Å². The number of piperazine rings is 1. The molecule has 4 heterocycles. The highest BCUT2D eigenvalue weighted by Gasteiger charge is 2.28. The average Bonchev–Trinajstić information content (AvgIpc) is 3.47. The molecule has 1 N–H and O–H groups in total. The van der Waals surface area contributed by atoms with Crippen LogP contribution in [0, 0.1) is 6.92 Å². The highest BCUT2D eigenvalue weighted by molar-refractivity contribution is 7.09. The molecule has 0 atom stereocenters. The SMILES string of the molecule is Cc1nnc(CN=C(NCc2cccs2)N2CCN(c3cnn(C)c3)C(=O)C2)n1C. The van der Waals surface area contributed by atoms with Gasteiger partial charge in [0.05, 0.1) is 18.4 Å². The van der Waals surface area contributed by atoms with E-state index >= 15 is 0 Å². The van der Waals surface area contributed by atoms with Gasteiger partial charge in [0, 0.05) is 38.3 Å². The first-order chi connectivity index (χ1) is 14.5. The summed E-state index contributed by atoms with van der Waals surface area (Å²) in [6.45, 7) is 4.46. The Bertz CT molecular complexity index is 1040. The standard InChI is InChI=1S/C19H25N9OS/c1-14-23-24-17(26(14)3)11-21-19(20-10-16-5-4-8-30-16)27-6-7-28(18(29)13-27)15-9-22-25(2)12-15/h4-5,8-9,12H,6-7,10-11,13H2,1-3H3,(H,20,21). The second-order valence-electron chi connectivity index (χ2n) is 7.13. The Kier molecular flexibility index (Phi) is 5.79. The maximum Gasteiger partial charge on any atom is 0.246 e. The zero-order chi connectivity index (χ0) is 21.1. The molecule has 11 heteroatoms. The average molecular weight is 428 g/mol. The van der Waals surface area contributed by atoms with Gasteiger partial charge in [0.1, 0.15) is 18.9 Å². The molecule has 0 aromatic carbocycles. The summed E-state index contributed by atoms with van der Waals surface area (Å²) in [7, 11) is 3.77. The number of aliphatic imine (C=N–C) groups is 1. The molecule has 158 valence electrons. The van der Waals surface area contributed by atoms with Gasteiger partial charge in [0.15, 0.2) is 11.8 Å². The third-order valence-electron chi connectivity index (χ3n) is 5.08. The molecule has 3 aromatic rings. The largest absolute Gasteiger partial charge is 0.351 e. The van der Waals surface area contributed by atoms with E-state index < -0.39 is 0 Å². The van der Waals surface area contributed by atoms with E-state index in [1.165, 1.54) is 4.88 Å². The van der Waals surface area contributed by atoms with Gasteiger partial charge in [0.25, 0.3) is 0 Å². The summed E-state index contributed by atoms with van der Waals surface area (Å²) in [5, 5.41) is 17.9. The van der Waals surface area contributed by atoms with Crippen molar-refractivity contribution >= 4 is 28.9 Å². The molecule has 0 unspecified atom stereocenters. The number of rotatable bonds is 5. The lowest BCUT2D eigenvalue weighted by Gasteiger charge is -2.35. The lowest BCUT2D eigenvalue weighted by Crippen LogP contribution is -2.55. The van der Waals surface area contributed by atoms with Gasteiger partial charge in [-0.15, -0.1) is 21.5 Å². The van der Waals surface area contributed by atoms with Gasteiger partial charge in [-0.2, -0.15) is 5.10 Å². The summed E-state index contributed by atoms with van der Waals surface area (Å²) >= 11 is 1.69. The quantitative estimate of drug-likeness (QED) is 0.480. The number of carbonyl (C=O) groups excluding carboxylic acids is 1. The number of anilines is 1. The van der Waals surface area contributed by atoms with E-state index in [1.54, 1.807) is 27.1 Å². The molecule has 0 radical (unpaired) electrons. The van der Waals surface area contributed by atoms with E-state index in [0.717, 1.165) is 17.3 Å². The molecule has 1 saturated heterocycles. The van der Waals surface area contributed by atoms with E-state index in [0.29, 0.717) is 32.1 Å². The fourth-order valence-electron chi connectivity index (χ4n) is 3.26. The van der Waals surface area contributed by atoms with Crippen molar-refractivity contribution in [1.29, 1.82) is 0 Å². The predicted octanol–water partition coefficient (Wildman–Crippen LogP) is 0.913. The van der Waals surface area contributed by atoms with Crippen LogP contribution in [0.4, 0.5) is 5.69 Å². The molecule has 4 rings (SSSR count). The van der Waals surface area contributed by atoms with E-state index in [4.69, 9.17) is 4.99 Å². The van der Waals surface area contributed by atoms with Crippen LogP contribution >= 0.6 is 11.3 Å². The number of amides is 1. The Morgan fingerprint density at radius 3 is 2.80 bits per heavy atom. The van der Waals surface area contributed by atoms with Gasteiger partial charge in [0.2, 0.25) is 5.91 Å². The van der Waals surface area contributed by atoms with Crippen molar-refractivity contribution in [3.05, 3.63) is 46.4 Å². The van der Waals surface area contributed by atoms with Crippen LogP contribution in [0.25, 0.3) is 0 Å². The Labute approximate surface area is 178 Å². The minimum atomic E-state index is 0.0226. The second kappa shape index (κ2) is 8.66. The Hall–Kier alpha value is -3.21. The maximum atomic E-state index is 12.8. The molecule has 30 heavy (non-hydrogen) atoms. The highest BCUT2D eigenvalue weighted by Crippen LogP contribution is 2.16. The van der Waals surface area contributed by atoms with Crippen LogP contribution in [0.5, 0.6) is 0 Å². The molecular formula is C19H25N9OS. The van der Waals surface area contributed by atoms with Crippen molar-refractivity contribution in [3.63, 3.8) is 0 Å². The number of hydrogen-bond acceptors (Lipinski definition) is 6. The number of thiophene rings is 1. The van der Waals surface area contributed by atoms with Gasteiger partial charge < -0.3 is 19.7 Å². The number of hydrogen-bond donors (Lipinski definition) is 1. The van der Waals surface area contributed by atoms with Gasteiger partial charge in [-0.1, -0.05) is 6.07 Å². The van der Waals surface area contributed by atoms with Crippen molar-refractivity contribution in [1.82, 2.24) is 34.8 Å². The Morgan fingerprint density at radius 2 is 2.17 bits per heavy atom. The number of aryl methyl sites for hydroxylation is 2. The molecule has 1 amide bonds. The molecule has 0 aliphatic carbocycles. The molecule has 3 aromatic heterocycles. The number of aromatic nitrogens is 5. The lowest BCUT2D eigenvalue weighted by atomic mass is 10.3. The zero-order valence-corrected chi connectivity index (χ0v) is 18.1. The third-order valence-corrected chi connectivity index (χ3v) is 5.95. The number of nitrogens with one attached hydrogen (secondary N) is 1. The van der Waals surface area contributed by atoms with Gasteiger partial charge in [-0.3, -0.25) is 9.48 Å². The summed E-state index contributed by atoms with van der Waals surface area (Å²) in [6, 6.07) is 4.10. The summed E-state index contributed by atoms with van der Waals surface area (Å²) in [5.41, 5.74) is 0.821. The van der Waals surface area contributed by atoms with Crippen LogP contribution < -0.4 is 10.2 Å². The summed E-state index contributed by atoms with van der Waals surface area (Å²) in [4.78, 5) is 22.5. The van der Waals surface area contributed by atoms with Gasteiger partial charge in [-0.05, 0) is 18.4 Å². The van der Waals surface area contributed by atoms with Gasteiger partial charge in [-0.25, -0.2) is 4.99 Å². The summed E-state index contributed by atoms with van der Waals surface area (Å²) in [6.07, 6.45) is 3.57. The molecule has 0 saturated carbocycles. The first kappa shape index (κ1) is 20.1. The van der Waals surface area contributed by atoms with Crippen molar-refractivity contribution in [2.24, 2.45) is 19.1 Å². The van der Waals surface area contributed by atoms with E-state index in [-0.39, 0.29) is 12.5 Å². The molecule has 10 nitrogen and oxygen atoms in total. The van der Waals surface area contributed by atoms with Gasteiger partial charge >= 0.3 is 0 Å². The van der Waals surface area contributed by atoms with Crippen molar-refractivity contribution in [2.45, 2.75) is 20.0 Å². The Morgan fingerprint density at radius 1 is 1.30 bits per heavy atom. The molecule has 1 fully saturated rings. The first-order valence-electron chi connectivity index (χ1n) is 9.71. The van der Waals surface area contributed by atoms with E-state index in [9.17, 15) is 4.79 Å². The molecule has 1 aliphatic rings. The summed E-state index contributed by atoms with van der Waals surface area (Å²) in [5.74, 6) is 2.34. The first-order valence-corrected chi connectivity index (χ1v) is 10.6. The Balaban J connectivity index is 1.49. The lowest BCUT2D eigenvalue weighted by molar-refractivity contribution is -0.120. The minimum Gasteiger partial charge on any atom is -0.351 e.